The van der Waals surface area contributed by atoms with Gasteiger partial charge < -0.3 is 4.84 Å². The fourth-order valence-corrected chi connectivity index (χ4v) is 0.959. The Morgan fingerprint density at radius 1 is 1.50 bits per heavy atom. The summed E-state index contributed by atoms with van der Waals surface area (Å²) >= 11 is 0. The van der Waals surface area contributed by atoms with Crippen LogP contribution in [0.5, 0.6) is 0 Å². The van der Waals surface area contributed by atoms with Gasteiger partial charge in [-0.05, 0) is 18.1 Å². The molecule has 0 spiro atoms. The Hall–Kier alpha value is -1.31. The number of aryl methyl sites for hydroxylation is 1. The van der Waals surface area contributed by atoms with E-state index >= 15 is 0 Å². The fraction of sp³-hybridized carbons (Fsp3) is 0.300. The molecule has 0 saturated carbocycles. The maximum atomic E-state index is 4.53. The van der Waals surface area contributed by atoms with Crippen LogP contribution in [0.25, 0.3) is 0 Å². The zero-order valence-electron chi connectivity index (χ0n) is 7.37. The summed E-state index contributed by atoms with van der Waals surface area (Å²) < 4.78 is 0. The molecule has 0 unspecified atom stereocenters. The number of rotatable bonds is 3. The monoisotopic (exact) mass is 162 g/mol. The first-order valence-corrected chi connectivity index (χ1v) is 3.95. The van der Waals surface area contributed by atoms with Gasteiger partial charge in [-0.2, -0.15) is 0 Å². The van der Waals surface area contributed by atoms with Crippen molar-refractivity contribution in [2.45, 2.75) is 13.3 Å². The molecule has 12 heavy (non-hydrogen) atoms. The minimum absolute atomic E-state index is 0.955. The quantitative estimate of drug-likeness (QED) is 0.492. The van der Waals surface area contributed by atoms with Gasteiger partial charge in [-0.15, -0.1) is 0 Å². The Morgan fingerprint density at radius 3 is 3.00 bits per heavy atom. The summed E-state index contributed by atoms with van der Waals surface area (Å²) in [5.41, 5.74) is 2.24. The average molecular weight is 162 g/mol. The first-order valence-electron chi connectivity index (χ1n) is 3.95. The summed E-state index contributed by atoms with van der Waals surface area (Å²) in [6.07, 6.45) is 3.80. The lowest BCUT2D eigenvalue weighted by Crippen LogP contribution is -1.85. The van der Waals surface area contributed by atoms with Crippen LogP contribution in [0.15, 0.2) is 29.4 Å². The van der Waals surface area contributed by atoms with E-state index in [2.05, 4.69) is 29.2 Å². The summed E-state index contributed by atoms with van der Waals surface area (Å²) in [5, 5.41) is 3.57. The molecule has 0 aliphatic carbocycles. The van der Waals surface area contributed by atoms with E-state index in [4.69, 9.17) is 0 Å². The van der Waals surface area contributed by atoms with E-state index in [1.54, 1.807) is 0 Å². The Labute approximate surface area is 72.9 Å². The lowest BCUT2D eigenvalue weighted by molar-refractivity contribution is 0.215. The number of nitrogens with zero attached hydrogens (tertiary/aromatic N) is 1. The van der Waals surface area contributed by atoms with Gasteiger partial charge in [0.05, 0.1) is 0 Å². The SMILES string of the molecule is CCc1cccc(/[C]=N\OC)c1. The van der Waals surface area contributed by atoms with E-state index in [0.29, 0.717) is 0 Å². The van der Waals surface area contributed by atoms with Gasteiger partial charge in [-0.25, -0.2) is 0 Å². The van der Waals surface area contributed by atoms with Crippen molar-refractivity contribution in [2.24, 2.45) is 5.16 Å². The van der Waals surface area contributed by atoms with E-state index < -0.39 is 0 Å². The summed E-state index contributed by atoms with van der Waals surface area (Å²) in [6.45, 7) is 2.12. The van der Waals surface area contributed by atoms with Crippen molar-refractivity contribution in [3.05, 3.63) is 35.4 Å². The molecule has 0 fully saturated rings. The zero-order chi connectivity index (χ0) is 8.81. The van der Waals surface area contributed by atoms with E-state index in [-0.39, 0.29) is 0 Å². The summed E-state index contributed by atoms with van der Waals surface area (Å²) in [6, 6.07) is 8.06. The van der Waals surface area contributed by atoms with Crippen molar-refractivity contribution in [3.8, 4) is 0 Å². The maximum absolute atomic E-state index is 4.53. The first kappa shape index (κ1) is 8.78. The number of benzene rings is 1. The van der Waals surface area contributed by atoms with Gasteiger partial charge in [-0.1, -0.05) is 30.3 Å². The minimum atomic E-state index is 0.955. The Bertz CT molecular complexity index is 268. The molecule has 1 radical (unpaired) electrons. The largest absolute Gasteiger partial charge is 0.399 e. The highest BCUT2D eigenvalue weighted by Gasteiger charge is 1.90. The number of hydrogen-bond donors (Lipinski definition) is 0. The van der Waals surface area contributed by atoms with Gasteiger partial charge in [-0.3, -0.25) is 0 Å². The van der Waals surface area contributed by atoms with Crippen molar-refractivity contribution in [3.63, 3.8) is 0 Å². The maximum Gasteiger partial charge on any atom is 0.139 e. The molecule has 2 nitrogen and oxygen atoms in total. The van der Waals surface area contributed by atoms with Crippen LogP contribution >= 0.6 is 0 Å². The summed E-state index contributed by atoms with van der Waals surface area (Å²) in [7, 11) is 1.51. The second-order valence-corrected chi connectivity index (χ2v) is 2.44. The van der Waals surface area contributed by atoms with Crippen molar-refractivity contribution < 1.29 is 4.84 Å². The third kappa shape index (κ3) is 2.38. The third-order valence-corrected chi connectivity index (χ3v) is 1.60. The molecule has 1 aromatic rings. The average Bonchev–Trinajstić information content (AvgIpc) is 2.15. The third-order valence-electron chi connectivity index (χ3n) is 1.60. The highest BCUT2D eigenvalue weighted by atomic mass is 16.6. The predicted octanol–water partition coefficient (Wildman–Crippen LogP) is 2.11. The second kappa shape index (κ2) is 4.54. The van der Waals surface area contributed by atoms with Gasteiger partial charge in [0.15, 0.2) is 0 Å². The topological polar surface area (TPSA) is 21.6 Å². The van der Waals surface area contributed by atoms with Crippen LogP contribution in [0.3, 0.4) is 0 Å². The van der Waals surface area contributed by atoms with Crippen LogP contribution in [-0.2, 0) is 11.3 Å². The van der Waals surface area contributed by atoms with Crippen LogP contribution in [0.4, 0.5) is 0 Å². The second-order valence-electron chi connectivity index (χ2n) is 2.44. The summed E-state index contributed by atoms with van der Waals surface area (Å²) in [4.78, 5) is 4.53. The van der Waals surface area contributed by atoms with E-state index in [1.807, 2.05) is 18.2 Å². The van der Waals surface area contributed by atoms with Gasteiger partial charge >= 0.3 is 0 Å². The molecule has 0 aromatic heterocycles. The van der Waals surface area contributed by atoms with E-state index in [9.17, 15) is 0 Å². The molecule has 0 atom stereocenters. The fourth-order valence-electron chi connectivity index (χ4n) is 0.959. The standard InChI is InChI=1S/C10H12NO/c1-3-9-5-4-6-10(7-9)8-11-12-2/h4-7H,3H2,1-2H3. The molecule has 2 heteroatoms. The van der Waals surface area contributed by atoms with Crippen molar-refractivity contribution in [2.75, 3.05) is 7.11 Å². The Balaban J connectivity index is 2.79. The molecule has 0 aliphatic rings. The Kier molecular flexibility index (Phi) is 3.33. The predicted molar refractivity (Wildman–Crippen MR) is 49.4 cm³/mol. The molecule has 0 saturated heterocycles. The molecule has 0 amide bonds. The first-order chi connectivity index (χ1) is 5.86. The van der Waals surface area contributed by atoms with Gasteiger partial charge in [0.25, 0.3) is 0 Å². The van der Waals surface area contributed by atoms with Gasteiger partial charge in [0.2, 0.25) is 0 Å². The van der Waals surface area contributed by atoms with Crippen LogP contribution in [0, 0.1) is 0 Å². The smallest absolute Gasteiger partial charge is 0.139 e. The lowest BCUT2D eigenvalue weighted by atomic mass is 10.1. The number of hydrogen-bond acceptors (Lipinski definition) is 2. The molecular formula is C10H12NO. The van der Waals surface area contributed by atoms with Gasteiger partial charge in [0.1, 0.15) is 13.3 Å². The molecule has 63 valence electrons. The highest BCUT2D eigenvalue weighted by Crippen LogP contribution is 2.03. The summed E-state index contributed by atoms with van der Waals surface area (Å²) in [5.74, 6) is 0. The molecule has 0 heterocycles. The lowest BCUT2D eigenvalue weighted by Gasteiger charge is -1.96. The molecule has 0 aliphatic heterocycles. The van der Waals surface area contributed by atoms with Crippen molar-refractivity contribution >= 4 is 6.21 Å². The van der Waals surface area contributed by atoms with Gasteiger partial charge in [0, 0.05) is 5.56 Å². The Morgan fingerprint density at radius 2 is 2.33 bits per heavy atom. The molecule has 1 aromatic carbocycles. The molecular weight excluding hydrogens is 150 g/mol. The van der Waals surface area contributed by atoms with Crippen LogP contribution in [0.2, 0.25) is 0 Å². The van der Waals surface area contributed by atoms with Crippen molar-refractivity contribution in [1.82, 2.24) is 0 Å². The molecule has 0 N–H and O–H groups in total. The van der Waals surface area contributed by atoms with Crippen LogP contribution in [-0.4, -0.2) is 13.3 Å². The van der Waals surface area contributed by atoms with Crippen LogP contribution in [0.1, 0.15) is 18.1 Å². The van der Waals surface area contributed by atoms with Crippen molar-refractivity contribution in [1.29, 1.82) is 0 Å². The zero-order valence-corrected chi connectivity index (χ0v) is 7.37. The highest BCUT2D eigenvalue weighted by molar-refractivity contribution is 5.79. The van der Waals surface area contributed by atoms with E-state index in [0.717, 1.165) is 12.0 Å². The van der Waals surface area contributed by atoms with E-state index in [1.165, 1.54) is 12.7 Å². The molecule has 1 rings (SSSR count). The van der Waals surface area contributed by atoms with Crippen LogP contribution < -0.4 is 0 Å². The molecule has 0 bridgehead atoms. The normalized spacial score (nSPS) is 10.5. The minimum Gasteiger partial charge on any atom is -0.399 e.